The van der Waals surface area contributed by atoms with E-state index in [0.717, 1.165) is 44.4 Å². The molecule has 1 saturated carbocycles. The van der Waals surface area contributed by atoms with Crippen molar-refractivity contribution in [2.45, 2.75) is 51.4 Å². The molecule has 0 aliphatic heterocycles. The van der Waals surface area contributed by atoms with Crippen molar-refractivity contribution in [3.05, 3.63) is 35.1 Å². The average Bonchev–Trinajstić information content (AvgIpc) is 2.45. The topological polar surface area (TPSA) is 12.0 Å². The summed E-state index contributed by atoms with van der Waals surface area (Å²) in [4.78, 5) is 0. The third-order valence-corrected chi connectivity index (χ3v) is 4.83. The molecule has 0 saturated heterocycles. The second-order valence-electron chi connectivity index (χ2n) is 6.26. The summed E-state index contributed by atoms with van der Waals surface area (Å²) in [5, 5.41) is 3.17. The Morgan fingerprint density at radius 3 is 2.19 bits per heavy atom. The number of hydrogen-bond donors (Lipinski definition) is 1. The van der Waals surface area contributed by atoms with Crippen LogP contribution in [0.3, 0.4) is 0 Å². The molecule has 1 aromatic carbocycles. The maximum absolute atomic E-state index is 13.7. The maximum atomic E-state index is 13.7. The normalized spacial score (nSPS) is 17.9. The van der Waals surface area contributed by atoms with E-state index in [-0.39, 0.29) is 11.0 Å². The molecule has 0 amide bonds. The molecule has 0 atom stereocenters. The first-order chi connectivity index (χ1) is 10.1. The average molecular weight is 299 g/mol. The van der Waals surface area contributed by atoms with Crippen LogP contribution in [0.5, 0.6) is 0 Å². The summed E-state index contributed by atoms with van der Waals surface area (Å²) < 4.78 is 40.5. The zero-order valence-corrected chi connectivity index (χ0v) is 12.7. The van der Waals surface area contributed by atoms with Gasteiger partial charge in [0, 0.05) is 17.7 Å². The van der Waals surface area contributed by atoms with Gasteiger partial charge in [0.1, 0.15) is 17.5 Å². The Balaban J connectivity index is 2.08. The second-order valence-corrected chi connectivity index (χ2v) is 6.26. The van der Waals surface area contributed by atoms with Crippen LogP contribution in [0.1, 0.15) is 50.5 Å². The number of hydrogen-bond acceptors (Lipinski definition) is 1. The quantitative estimate of drug-likeness (QED) is 0.809. The fraction of sp³-hybridized carbons (Fsp3) is 0.647. The molecule has 0 radical (unpaired) electrons. The predicted octanol–water partition coefficient (Wildman–Crippen LogP) is 4.60. The van der Waals surface area contributed by atoms with Crippen LogP contribution in [0.15, 0.2) is 12.1 Å². The van der Waals surface area contributed by atoms with Crippen LogP contribution in [-0.2, 0) is 6.42 Å². The number of rotatable bonds is 6. The standard InChI is InChI=1S/C17H24F3N/c1-21-10-9-17(6-3-2-4-7-17)8-5-14-15(19)11-13(18)12-16(14)20/h11-12,21H,2-10H2,1H3. The van der Waals surface area contributed by atoms with Crippen molar-refractivity contribution in [1.29, 1.82) is 0 Å². The van der Waals surface area contributed by atoms with Crippen LogP contribution < -0.4 is 5.32 Å². The van der Waals surface area contributed by atoms with Gasteiger partial charge in [0.15, 0.2) is 0 Å². The SMILES string of the molecule is CNCCC1(CCc2c(F)cc(F)cc2F)CCCCC1. The first-order valence-corrected chi connectivity index (χ1v) is 7.84. The lowest BCUT2D eigenvalue weighted by atomic mass is 9.68. The second kappa shape index (κ2) is 7.30. The van der Waals surface area contributed by atoms with E-state index >= 15 is 0 Å². The zero-order valence-electron chi connectivity index (χ0n) is 12.7. The largest absolute Gasteiger partial charge is 0.320 e. The van der Waals surface area contributed by atoms with Crippen LogP contribution in [-0.4, -0.2) is 13.6 Å². The Morgan fingerprint density at radius 1 is 1.00 bits per heavy atom. The van der Waals surface area contributed by atoms with Gasteiger partial charge >= 0.3 is 0 Å². The van der Waals surface area contributed by atoms with E-state index < -0.39 is 17.5 Å². The highest BCUT2D eigenvalue weighted by Gasteiger charge is 2.31. The molecular weight excluding hydrogens is 275 g/mol. The first-order valence-electron chi connectivity index (χ1n) is 7.84. The minimum Gasteiger partial charge on any atom is -0.320 e. The van der Waals surface area contributed by atoms with Crippen molar-refractivity contribution in [2.24, 2.45) is 5.41 Å². The monoisotopic (exact) mass is 299 g/mol. The van der Waals surface area contributed by atoms with Gasteiger partial charge in [0.2, 0.25) is 0 Å². The van der Waals surface area contributed by atoms with Crippen molar-refractivity contribution in [2.75, 3.05) is 13.6 Å². The van der Waals surface area contributed by atoms with E-state index in [9.17, 15) is 13.2 Å². The molecular formula is C17H24F3N. The smallest absolute Gasteiger partial charge is 0.132 e. The number of benzene rings is 1. The summed E-state index contributed by atoms with van der Waals surface area (Å²) >= 11 is 0. The molecule has 4 heteroatoms. The lowest BCUT2D eigenvalue weighted by Crippen LogP contribution is -2.29. The Labute approximate surface area is 124 Å². The van der Waals surface area contributed by atoms with Crippen molar-refractivity contribution >= 4 is 0 Å². The van der Waals surface area contributed by atoms with Gasteiger partial charge in [-0.25, -0.2) is 13.2 Å². The van der Waals surface area contributed by atoms with E-state index in [4.69, 9.17) is 0 Å². The molecule has 1 N–H and O–H groups in total. The summed E-state index contributed by atoms with van der Waals surface area (Å²) in [7, 11) is 1.93. The van der Waals surface area contributed by atoms with Crippen molar-refractivity contribution in [3.8, 4) is 0 Å². The van der Waals surface area contributed by atoms with Gasteiger partial charge < -0.3 is 5.32 Å². The van der Waals surface area contributed by atoms with E-state index in [0.29, 0.717) is 6.42 Å². The molecule has 2 rings (SSSR count). The zero-order chi connectivity index (χ0) is 15.3. The summed E-state index contributed by atoms with van der Waals surface area (Å²) in [6.45, 7) is 0.925. The third kappa shape index (κ3) is 4.22. The van der Waals surface area contributed by atoms with Gasteiger partial charge in [-0.1, -0.05) is 19.3 Å². The van der Waals surface area contributed by atoms with Crippen molar-refractivity contribution in [1.82, 2.24) is 5.32 Å². The minimum atomic E-state index is -0.851. The molecule has 1 nitrogen and oxygen atoms in total. The van der Waals surface area contributed by atoms with Gasteiger partial charge in [-0.2, -0.15) is 0 Å². The predicted molar refractivity (Wildman–Crippen MR) is 78.7 cm³/mol. The number of nitrogens with one attached hydrogen (secondary N) is 1. The van der Waals surface area contributed by atoms with Crippen LogP contribution in [0.4, 0.5) is 13.2 Å². The number of halogens is 3. The fourth-order valence-electron chi connectivity index (χ4n) is 3.52. The Hall–Kier alpha value is -1.03. The van der Waals surface area contributed by atoms with Crippen LogP contribution in [0.2, 0.25) is 0 Å². The molecule has 0 unspecified atom stereocenters. The van der Waals surface area contributed by atoms with Gasteiger partial charge in [0.25, 0.3) is 0 Å². The van der Waals surface area contributed by atoms with E-state index in [1.807, 2.05) is 7.05 Å². The van der Waals surface area contributed by atoms with E-state index in [1.54, 1.807) is 0 Å². The van der Waals surface area contributed by atoms with Gasteiger partial charge in [-0.05, 0) is 51.1 Å². The summed E-state index contributed by atoms with van der Waals surface area (Å²) in [5.74, 6) is -2.37. The molecule has 21 heavy (non-hydrogen) atoms. The third-order valence-electron chi connectivity index (χ3n) is 4.83. The molecule has 1 aliphatic carbocycles. The molecule has 0 spiro atoms. The van der Waals surface area contributed by atoms with Gasteiger partial charge in [-0.15, -0.1) is 0 Å². The summed E-state index contributed by atoms with van der Waals surface area (Å²) in [6, 6.07) is 1.55. The maximum Gasteiger partial charge on any atom is 0.132 e. The lowest BCUT2D eigenvalue weighted by molar-refractivity contribution is 0.156. The Kier molecular flexibility index (Phi) is 5.68. The minimum absolute atomic E-state index is 0.0332. The highest BCUT2D eigenvalue weighted by atomic mass is 19.1. The molecule has 0 heterocycles. The van der Waals surface area contributed by atoms with Crippen molar-refractivity contribution in [3.63, 3.8) is 0 Å². The van der Waals surface area contributed by atoms with Crippen molar-refractivity contribution < 1.29 is 13.2 Å². The molecule has 1 fully saturated rings. The molecule has 1 aliphatic rings. The van der Waals surface area contributed by atoms with Crippen LogP contribution in [0, 0.1) is 22.9 Å². The van der Waals surface area contributed by atoms with Crippen LogP contribution >= 0.6 is 0 Å². The van der Waals surface area contributed by atoms with Gasteiger partial charge in [-0.3, -0.25) is 0 Å². The Morgan fingerprint density at radius 2 is 1.62 bits per heavy atom. The Bertz CT molecular complexity index is 444. The van der Waals surface area contributed by atoms with Gasteiger partial charge in [0.05, 0.1) is 0 Å². The molecule has 118 valence electrons. The first kappa shape index (κ1) is 16.3. The van der Waals surface area contributed by atoms with Crippen LogP contribution in [0.25, 0.3) is 0 Å². The molecule has 1 aromatic rings. The van der Waals surface area contributed by atoms with E-state index in [1.165, 1.54) is 19.3 Å². The molecule has 0 bridgehead atoms. The molecule has 0 aromatic heterocycles. The fourth-order valence-corrected chi connectivity index (χ4v) is 3.52. The summed E-state index contributed by atoms with van der Waals surface area (Å²) in [5.41, 5.74) is 0.208. The van der Waals surface area contributed by atoms with E-state index in [2.05, 4.69) is 5.32 Å². The highest BCUT2D eigenvalue weighted by molar-refractivity contribution is 5.21. The lowest BCUT2D eigenvalue weighted by Gasteiger charge is -2.38. The summed E-state index contributed by atoms with van der Waals surface area (Å²) in [6.07, 6.45) is 8.04. The highest BCUT2D eigenvalue weighted by Crippen LogP contribution is 2.43.